The second-order valence-corrected chi connectivity index (χ2v) is 7.60. The molecule has 0 saturated carbocycles. The summed E-state index contributed by atoms with van der Waals surface area (Å²) in [5.74, 6) is -0.00665. The van der Waals surface area contributed by atoms with Crippen molar-refractivity contribution in [3.63, 3.8) is 0 Å². The SMILES string of the molecule is COCCNC(=O)C1CC(c2ccc(F)c(C)c2)CN(Cc2ccccc2)C1. The van der Waals surface area contributed by atoms with Gasteiger partial charge in [-0.05, 0) is 42.0 Å². The summed E-state index contributed by atoms with van der Waals surface area (Å²) in [6.45, 7) is 5.21. The Morgan fingerprint density at radius 3 is 2.71 bits per heavy atom. The second kappa shape index (κ2) is 9.80. The van der Waals surface area contributed by atoms with Gasteiger partial charge in [0.1, 0.15) is 5.82 Å². The fourth-order valence-electron chi connectivity index (χ4n) is 3.94. The number of nitrogens with one attached hydrogen (secondary N) is 1. The van der Waals surface area contributed by atoms with Gasteiger partial charge in [0.15, 0.2) is 0 Å². The summed E-state index contributed by atoms with van der Waals surface area (Å²) < 4.78 is 18.8. The molecule has 1 aliphatic heterocycles. The van der Waals surface area contributed by atoms with Gasteiger partial charge in [-0.1, -0.05) is 42.5 Å². The highest BCUT2D eigenvalue weighted by molar-refractivity contribution is 5.79. The van der Waals surface area contributed by atoms with Crippen LogP contribution in [0.1, 0.15) is 29.0 Å². The van der Waals surface area contributed by atoms with Crippen LogP contribution in [0.3, 0.4) is 0 Å². The normalized spacial score (nSPS) is 20.1. The first-order chi connectivity index (χ1) is 13.6. The van der Waals surface area contributed by atoms with Crippen molar-refractivity contribution >= 4 is 5.91 Å². The molecule has 1 N–H and O–H groups in total. The quantitative estimate of drug-likeness (QED) is 0.743. The van der Waals surface area contributed by atoms with Gasteiger partial charge in [-0.2, -0.15) is 0 Å². The van der Waals surface area contributed by atoms with Crippen LogP contribution in [0.15, 0.2) is 48.5 Å². The summed E-state index contributed by atoms with van der Waals surface area (Å²) in [5, 5.41) is 2.98. The number of rotatable bonds is 7. The minimum Gasteiger partial charge on any atom is -0.383 e. The fourth-order valence-corrected chi connectivity index (χ4v) is 3.94. The predicted molar refractivity (Wildman–Crippen MR) is 109 cm³/mol. The Bertz CT molecular complexity index is 781. The highest BCUT2D eigenvalue weighted by Crippen LogP contribution is 2.32. The molecule has 1 heterocycles. The van der Waals surface area contributed by atoms with Crippen LogP contribution < -0.4 is 5.32 Å². The van der Waals surface area contributed by atoms with Gasteiger partial charge in [0, 0.05) is 33.3 Å². The first-order valence-corrected chi connectivity index (χ1v) is 9.85. The van der Waals surface area contributed by atoms with E-state index in [4.69, 9.17) is 4.74 Å². The van der Waals surface area contributed by atoms with Crippen LogP contribution in [0.5, 0.6) is 0 Å². The number of hydrogen-bond acceptors (Lipinski definition) is 3. The summed E-state index contributed by atoms with van der Waals surface area (Å²) >= 11 is 0. The largest absolute Gasteiger partial charge is 0.383 e. The monoisotopic (exact) mass is 384 g/mol. The molecule has 2 aromatic carbocycles. The van der Waals surface area contributed by atoms with E-state index in [1.54, 1.807) is 14.0 Å². The Hall–Kier alpha value is -2.24. The lowest BCUT2D eigenvalue weighted by Crippen LogP contribution is -2.46. The predicted octanol–water partition coefficient (Wildman–Crippen LogP) is 3.50. The van der Waals surface area contributed by atoms with Crippen molar-refractivity contribution in [1.29, 1.82) is 0 Å². The van der Waals surface area contributed by atoms with Crippen LogP contribution in [0, 0.1) is 18.7 Å². The average molecular weight is 384 g/mol. The van der Waals surface area contributed by atoms with E-state index in [1.807, 2.05) is 30.3 Å². The Kier molecular flexibility index (Phi) is 7.18. The average Bonchev–Trinajstić information content (AvgIpc) is 2.70. The molecule has 2 unspecified atom stereocenters. The highest BCUT2D eigenvalue weighted by atomic mass is 19.1. The number of benzene rings is 2. The number of nitrogens with zero attached hydrogens (tertiary/aromatic N) is 1. The lowest BCUT2D eigenvalue weighted by Gasteiger charge is -2.37. The molecule has 2 aromatic rings. The first kappa shape index (κ1) is 20.5. The van der Waals surface area contributed by atoms with Crippen molar-refractivity contribution in [3.8, 4) is 0 Å². The van der Waals surface area contributed by atoms with Crippen molar-refractivity contribution in [1.82, 2.24) is 10.2 Å². The van der Waals surface area contributed by atoms with Crippen LogP contribution in [0.2, 0.25) is 0 Å². The standard InChI is InChI=1S/C23H29FN2O2/c1-17-12-19(8-9-22(17)24)20-13-21(23(27)25-10-11-28-2)16-26(15-20)14-18-6-4-3-5-7-18/h3-9,12,20-21H,10-11,13-16H2,1-2H3,(H,25,27). The van der Waals surface area contributed by atoms with Crippen molar-refractivity contribution in [2.75, 3.05) is 33.4 Å². The van der Waals surface area contributed by atoms with Crippen LogP contribution >= 0.6 is 0 Å². The number of aryl methyl sites for hydroxylation is 1. The fraction of sp³-hybridized carbons (Fsp3) is 0.435. The minimum absolute atomic E-state index is 0.0682. The molecular weight excluding hydrogens is 355 g/mol. The molecule has 28 heavy (non-hydrogen) atoms. The van der Waals surface area contributed by atoms with Gasteiger partial charge in [-0.3, -0.25) is 9.69 Å². The Morgan fingerprint density at radius 1 is 1.21 bits per heavy atom. The highest BCUT2D eigenvalue weighted by Gasteiger charge is 2.32. The number of likely N-dealkylation sites (tertiary alicyclic amines) is 1. The summed E-state index contributed by atoms with van der Waals surface area (Å²) in [6, 6.07) is 15.6. The molecule has 150 valence electrons. The van der Waals surface area contributed by atoms with Gasteiger partial charge in [-0.15, -0.1) is 0 Å². The number of hydrogen-bond donors (Lipinski definition) is 1. The Morgan fingerprint density at radius 2 is 2.00 bits per heavy atom. The van der Waals surface area contributed by atoms with E-state index in [9.17, 15) is 9.18 Å². The molecule has 0 spiro atoms. The number of piperidine rings is 1. The molecule has 1 fully saturated rings. The van der Waals surface area contributed by atoms with Crippen molar-refractivity contribution in [2.45, 2.75) is 25.8 Å². The van der Waals surface area contributed by atoms with Crippen LogP contribution in [0.25, 0.3) is 0 Å². The van der Waals surface area contributed by atoms with Crippen LogP contribution in [-0.2, 0) is 16.1 Å². The van der Waals surface area contributed by atoms with E-state index < -0.39 is 0 Å². The van der Waals surface area contributed by atoms with Gasteiger partial charge < -0.3 is 10.1 Å². The van der Waals surface area contributed by atoms with E-state index in [-0.39, 0.29) is 23.6 Å². The topological polar surface area (TPSA) is 41.6 Å². The molecule has 3 rings (SSSR count). The van der Waals surface area contributed by atoms with E-state index in [0.29, 0.717) is 18.7 Å². The summed E-state index contributed by atoms with van der Waals surface area (Å²) in [5.41, 5.74) is 2.99. The van der Waals surface area contributed by atoms with E-state index in [1.165, 1.54) is 11.6 Å². The van der Waals surface area contributed by atoms with Crippen molar-refractivity contribution in [3.05, 3.63) is 71.0 Å². The molecule has 0 aliphatic carbocycles. The van der Waals surface area contributed by atoms with Gasteiger partial charge >= 0.3 is 0 Å². The van der Waals surface area contributed by atoms with Crippen LogP contribution in [-0.4, -0.2) is 44.2 Å². The number of amides is 1. The Balaban J connectivity index is 1.76. The third-order valence-corrected chi connectivity index (χ3v) is 5.40. The zero-order valence-corrected chi connectivity index (χ0v) is 16.7. The zero-order chi connectivity index (χ0) is 19.9. The van der Waals surface area contributed by atoms with Crippen molar-refractivity contribution < 1.29 is 13.9 Å². The maximum atomic E-state index is 13.7. The molecule has 5 heteroatoms. The van der Waals surface area contributed by atoms with Gasteiger partial charge in [0.2, 0.25) is 5.91 Å². The number of carbonyl (C=O) groups excluding carboxylic acids is 1. The lowest BCUT2D eigenvalue weighted by atomic mass is 9.83. The van der Waals surface area contributed by atoms with E-state index in [0.717, 1.165) is 31.6 Å². The van der Waals surface area contributed by atoms with Crippen molar-refractivity contribution in [2.24, 2.45) is 5.92 Å². The Labute approximate surface area is 166 Å². The minimum atomic E-state index is -0.186. The zero-order valence-electron chi connectivity index (χ0n) is 16.7. The first-order valence-electron chi connectivity index (χ1n) is 9.85. The third-order valence-electron chi connectivity index (χ3n) is 5.40. The van der Waals surface area contributed by atoms with Crippen LogP contribution in [0.4, 0.5) is 4.39 Å². The third kappa shape index (κ3) is 5.40. The summed E-state index contributed by atoms with van der Waals surface area (Å²) in [7, 11) is 1.63. The molecule has 2 atom stereocenters. The molecule has 0 aromatic heterocycles. The molecule has 1 aliphatic rings. The smallest absolute Gasteiger partial charge is 0.224 e. The maximum Gasteiger partial charge on any atom is 0.224 e. The molecule has 4 nitrogen and oxygen atoms in total. The van der Waals surface area contributed by atoms with Gasteiger partial charge in [-0.25, -0.2) is 4.39 Å². The number of carbonyl (C=O) groups is 1. The molecule has 1 saturated heterocycles. The summed E-state index contributed by atoms with van der Waals surface area (Å²) in [4.78, 5) is 15.1. The van der Waals surface area contributed by atoms with Gasteiger partial charge in [0.05, 0.1) is 12.5 Å². The molecule has 1 amide bonds. The van der Waals surface area contributed by atoms with Gasteiger partial charge in [0.25, 0.3) is 0 Å². The number of halogens is 1. The lowest BCUT2D eigenvalue weighted by molar-refractivity contribution is -0.127. The number of ether oxygens (including phenoxy) is 1. The summed E-state index contributed by atoms with van der Waals surface area (Å²) in [6.07, 6.45) is 0.773. The molecule has 0 radical (unpaired) electrons. The van der Waals surface area contributed by atoms with E-state index in [2.05, 4.69) is 22.3 Å². The molecular formula is C23H29FN2O2. The van der Waals surface area contributed by atoms with E-state index >= 15 is 0 Å². The second-order valence-electron chi connectivity index (χ2n) is 7.60. The molecule has 0 bridgehead atoms. The maximum absolute atomic E-state index is 13.7. The number of methoxy groups -OCH3 is 1.